The molecule has 1 saturated heterocycles. The third-order valence-electron chi connectivity index (χ3n) is 6.33. The smallest absolute Gasteiger partial charge is 0.321 e. The number of piperazine rings is 1. The molecule has 0 spiro atoms. The first kappa shape index (κ1) is 22.0. The number of hydrogen-bond donors (Lipinski definition) is 1. The molecule has 0 radical (unpaired) electrons. The van der Waals surface area contributed by atoms with Crippen LogP contribution >= 0.6 is 0 Å². The molecule has 7 nitrogen and oxygen atoms in total. The lowest BCUT2D eigenvalue weighted by Crippen LogP contribution is -2.49. The number of rotatable bonds is 4. The summed E-state index contributed by atoms with van der Waals surface area (Å²) >= 11 is 0. The lowest BCUT2D eigenvalue weighted by atomic mass is 10.1. The molecule has 0 bridgehead atoms. The number of anilines is 1. The molecule has 0 atom stereocenters. The number of benzene rings is 2. The van der Waals surface area contributed by atoms with Gasteiger partial charge in [-0.25, -0.2) is 19.2 Å². The van der Waals surface area contributed by atoms with Crippen molar-refractivity contribution in [2.45, 2.75) is 20.4 Å². The maximum atomic E-state index is 14.0. The summed E-state index contributed by atoms with van der Waals surface area (Å²) in [5.41, 5.74) is 5.33. The Morgan fingerprint density at radius 1 is 1.00 bits per heavy atom. The Labute approximate surface area is 197 Å². The molecule has 2 aromatic carbocycles. The number of nitrogens with one attached hydrogen (secondary N) is 1. The van der Waals surface area contributed by atoms with Crippen molar-refractivity contribution < 1.29 is 9.18 Å². The summed E-state index contributed by atoms with van der Waals surface area (Å²) in [6, 6.07) is 16.1. The standard InChI is InChI=1S/C26H27FN6O/c1-18-8-9-21(15-19(18)2)29-26(34)32-13-11-31(12-14-32)17-24-30-23-7-4-10-28-25(23)33(24)22-6-3-5-20(27)16-22/h3-10,15-16H,11-14,17H2,1-2H3,(H,29,34). The Kier molecular flexibility index (Phi) is 5.98. The van der Waals surface area contributed by atoms with Gasteiger partial charge < -0.3 is 10.2 Å². The summed E-state index contributed by atoms with van der Waals surface area (Å²) in [4.78, 5) is 26.1. The van der Waals surface area contributed by atoms with Gasteiger partial charge in [0.15, 0.2) is 5.65 Å². The van der Waals surface area contributed by atoms with Crippen LogP contribution in [0.1, 0.15) is 17.0 Å². The summed E-state index contributed by atoms with van der Waals surface area (Å²) in [7, 11) is 0. The van der Waals surface area contributed by atoms with Crippen LogP contribution in [0.4, 0.5) is 14.9 Å². The number of urea groups is 1. The minimum atomic E-state index is -0.301. The monoisotopic (exact) mass is 458 g/mol. The first-order chi connectivity index (χ1) is 16.5. The Hall–Kier alpha value is -3.78. The molecule has 1 aliphatic heterocycles. The average molecular weight is 459 g/mol. The highest BCUT2D eigenvalue weighted by Gasteiger charge is 2.23. The van der Waals surface area contributed by atoms with Gasteiger partial charge in [0, 0.05) is 38.1 Å². The van der Waals surface area contributed by atoms with E-state index in [2.05, 4.69) is 22.1 Å². The third-order valence-corrected chi connectivity index (χ3v) is 6.33. The number of halogens is 1. The molecule has 1 N–H and O–H groups in total. The maximum Gasteiger partial charge on any atom is 0.321 e. The van der Waals surface area contributed by atoms with E-state index in [0.29, 0.717) is 31.0 Å². The number of aromatic nitrogens is 3. The van der Waals surface area contributed by atoms with Gasteiger partial charge in [-0.05, 0) is 67.4 Å². The minimum Gasteiger partial charge on any atom is -0.322 e. The Balaban J connectivity index is 1.28. The molecule has 0 unspecified atom stereocenters. The molecule has 8 heteroatoms. The van der Waals surface area contributed by atoms with Crippen molar-refractivity contribution in [1.82, 2.24) is 24.3 Å². The van der Waals surface area contributed by atoms with Crippen LogP contribution in [0.5, 0.6) is 0 Å². The largest absolute Gasteiger partial charge is 0.322 e. The zero-order valence-corrected chi connectivity index (χ0v) is 19.3. The molecule has 3 heterocycles. The normalized spacial score (nSPS) is 14.5. The first-order valence-corrected chi connectivity index (χ1v) is 11.4. The second-order valence-corrected chi connectivity index (χ2v) is 8.68. The van der Waals surface area contributed by atoms with Crippen LogP contribution in [0, 0.1) is 19.7 Å². The molecule has 34 heavy (non-hydrogen) atoms. The van der Waals surface area contributed by atoms with Crippen molar-refractivity contribution in [3.63, 3.8) is 0 Å². The molecular formula is C26H27FN6O. The van der Waals surface area contributed by atoms with Crippen molar-refractivity contribution in [1.29, 1.82) is 0 Å². The molecule has 5 rings (SSSR count). The van der Waals surface area contributed by atoms with Gasteiger partial charge in [-0.3, -0.25) is 9.47 Å². The van der Waals surface area contributed by atoms with Crippen LogP contribution in [-0.4, -0.2) is 56.5 Å². The van der Waals surface area contributed by atoms with E-state index in [1.807, 2.05) is 52.8 Å². The summed E-state index contributed by atoms with van der Waals surface area (Å²) in [5.74, 6) is 0.497. The number of fused-ring (bicyclic) bond motifs is 1. The van der Waals surface area contributed by atoms with E-state index in [4.69, 9.17) is 4.98 Å². The van der Waals surface area contributed by atoms with Crippen molar-refractivity contribution >= 4 is 22.9 Å². The molecule has 1 fully saturated rings. The predicted molar refractivity (Wildman–Crippen MR) is 131 cm³/mol. The van der Waals surface area contributed by atoms with E-state index in [1.165, 1.54) is 17.7 Å². The molecule has 1 aliphatic rings. The number of nitrogens with zero attached hydrogens (tertiary/aromatic N) is 5. The number of amides is 2. The van der Waals surface area contributed by atoms with Crippen LogP contribution < -0.4 is 5.32 Å². The van der Waals surface area contributed by atoms with Gasteiger partial charge in [0.05, 0.1) is 12.2 Å². The summed E-state index contributed by atoms with van der Waals surface area (Å²) < 4.78 is 15.9. The number of carbonyl (C=O) groups is 1. The van der Waals surface area contributed by atoms with E-state index >= 15 is 0 Å². The number of imidazole rings is 1. The fraction of sp³-hybridized carbons (Fsp3) is 0.269. The van der Waals surface area contributed by atoms with Gasteiger partial charge in [0.1, 0.15) is 17.2 Å². The highest BCUT2D eigenvalue weighted by molar-refractivity contribution is 5.89. The van der Waals surface area contributed by atoms with E-state index < -0.39 is 0 Å². The molecular weight excluding hydrogens is 431 g/mol. The SMILES string of the molecule is Cc1ccc(NC(=O)N2CCN(Cc3nc4cccnc4n3-c3cccc(F)c3)CC2)cc1C. The van der Waals surface area contributed by atoms with Crippen molar-refractivity contribution in [3.8, 4) is 5.69 Å². The molecule has 2 aromatic heterocycles. The van der Waals surface area contributed by atoms with Crippen molar-refractivity contribution in [2.24, 2.45) is 0 Å². The second kappa shape index (κ2) is 9.23. The zero-order valence-electron chi connectivity index (χ0n) is 19.3. The van der Waals surface area contributed by atoms with Crippen LogP contribution in [0.15, 0.2) is 60.8 Å². The van der Waals surface area contributed by atoms with Crippen LogP contribution in [0.25, 0.3) is 16.9 Å². The van der Waals surface area contributed by atoms with E-state index in [9.17, 15) is 9.18 Å². The molecule has 0 aliphatic carbocycles. The lowest BCUT2D eigenvalue weighted by molar-refractivity contribution is 0.140. The molecule has 0 saturated carbocycles. The highest BCUT2D eigenvalue weighted by atomic mass is 19.1. The highest BCUT2D eigenvalue weighted by Crippen LogP contribution is 2.22. The Morgan fingerprint density at radius 2 is 1.82 bits per heavy atom. The number of pyridine rings is 1. The molecule has 4 aromatic rings. The van der Waals surface area contributed by atoms with Crippen LogP contribution in [0.3, 0.4) is 0 Å². The van der Waals surface area contributed by atoms with Crippen molar-refractivity contribution in [2.75, 3.05) is 31.5 Å². The van der Waals surface area contributed by atoms with E-state index in [0.717, 1.165) is 35.7 Å². The first-order valence-electron chi connectivity index (χ1n) is 11.4. The Morgan fingerprint density at radius 3 is 2.59 bits per heavy atom. The lowest BCUT2D eigenvalue weighted by Gasteiger charge is -2.34. The topological polar surface area (TPSA) is 66.3 Å². The number of carbonyl (C=O) groups excluding carboxylic acids is 1. The van der Waals surface area contributed by atoms with Gasteiger partial charge in [-0.1, -0.05) is 12.1 Å². The molecule has 174 valence electrons. The summed E-state index contributed by atoms with van der Waals surface area (Å²) in [5, 5.41) is 3.01. The molecule has 2 amide bonds. The predicted octanol–water partition coefficient (Wildman–Crippen LogP) is 4.53. The van der Waals surface area contributed by atoms with Crippen molar-refractivity contribution in [3.05, 3.63) is 83.6 Å². The summed E-state index contributed by atoms with van der Waals surface area (Å²) in [6.07, 6.45) is 1.72. The van der Waals surface area contributed by atoms with Gasteiger partial charge >= 0.3 is 6.03 Å². The third kappa shape index (κ3) is 4.49. The summed E-state index contributed by atoms with van der Waals surface area (Å²) in [6.45, 7) is 7.36. The van der Waals surface area contributed by atoms with Gasteiger partial charge in [-0.2, -0.15) is 0 Å². The fourth-order valence-corrected chi connectivity index (χ4v) is 4.28. The maximum absolute atomic E-state index is 14.0. The second-order valence-electron chi connectivity index (χ2n) is 8.68. The average Bonchev–Trinajstić information content (AvgIpc) is 3.19. The fourth-order valence-electron chi connectivity index (χ4n) is 4.28. The van der Waals surface area contributed by atoms with Gasteiger partial charge in [0.2, 0.25) is 0 Å². The minimum absolute atomic E-state index is 0.0842. The zero-order chi connectivity index (χ0) is 23.7. The van der Waals surface area contributed by atoms with Crippen LogP contribution in [-0.2, 0) is 6.54 Å². The van der Waals surface area contributed by atoms with Gasteiger partial charge in [0.25, 0.3) is 0 Å². The number of hydrogen-bond acceptors (Lipinski definition) is 4. The van der Waals surface area contributed by atoms with Gasteiger partial charge in [-0.15, -0.1) is 0 Å². The quantitative estimate of drug-likeness (QED) is 0.488. The number of aryl methyl sites for hydroxylation is 2. The van der Waals surface area contributed by atoms with E-state index in [1.54, 1.807) is 12.3 Å². The van der Waals surface area contributed by atoms with Crippen LogP contribution in [0.2, 0.25) is 0 Å². The Bertz CT molecular complexity index is 1340. The van der Waals surface area contributed by atoms with E-state index in [-0.39, 0.29) is 11.8 Å².